The lowest BCUT2D eigenvalue weighted by atomic mass is 9.76. The zero-order valence-electron chi connectivity index (χ0n) is 25.4. The second kappa shape index (κ2) is 10.9. The Balaban J connectivity index is 1.13. The molecule has 10 heteroatoms. The smallest absolute Gasteiger partial charge is 0.332 e. The average molecular weight is 658 g/mol. The molecule has 16 atom stereocenters. The quantitative estimate of drug-likeness (QED) is 0.222. The van der Waals surface area contributed by atoms with Gasteiger partial charge in [0.1, 0.15) is 0 Å². The van der Waals surface area contributed by atoms with Crippen molar-refractivity contribution in [2.45, 2.75) is 152 Å². The number of hydrogen-bond acceptors (Lipinski definition) is 8. The van der Waals surface area contributed by atoms with Crippen LogP contribution in [0, 0.1) is 47.3 Å². The molecule has 232 valence electrons. The van der Waals surface area contributed by atoms with Crippen molar-refractivity contribution in [2.24, 2.45) is 47.3 Å². The Morgan fingerprint density at radius 2 is 0.595 bits per heavy atom. The predicted octanol–water partition coefficient (Wildman–Crippen LogP) is 3.42. The standard InChI is InChI=1S/C32H54N8.Al.BrH/c1-2-10-18-17(9-1)25-33-26(18)38-28-21-13-5-6-14-22(21)30(35-28)40-32-24-16-8-7-15-23(24)31(36-32)39-29-20-12-4-3-11-19(20)27(34-29)37-25;;/h17-33,36-40H,1-16H2;;1H/q-2;+3;/p-1. The molecule has 0 radical (unpaired) electrons. The van der Waals surface area contributed by atoms with Crippen molar-refractivity contribution >= 4 is 26.8 Å². The van der Waals surface area contributed by atoms with Crippen LogP contribution >= 0.6 is 14.1 Å². The third-order valence-electron chi connectivity index (χ3n) is 14.7. The molecule has 4 aliphatic carbocycles. The molecule has 0 amide bonds. The molecular weight excluding hydrogens is 603 g/mol. The lowest BCUT2D eigenvalue weighted by molar-refractivity contribution is 0.121. The number of rotatable bonds is 0. The lowest BCUT2D eigenvalue weighted by Gasteiger charge is -2.46. The van der Waals surface area contributed by atoms with Crippen molar-refractivity contribution in [2.75, 3.05) is 0 Å². The van der Waals surface area contributed by atoms with Crippen LogP contribution in [0.4, 0.5) is 0 Å². The van der Waals surface area contributed by atoms with Crippen LogP contribution in [0.15, 0.2) is 0 Å². The summed E-state index contributed by atoms with van der Waals surface area (Å²) in [6.07, 6.45) is 26.2. The summed E-state index contributed by atoms with van der Waals surface area (Å²) in [5.41, 5.74) is 0. The van der Waals surface area contributed by atoms with E-state index in [9.17, 15) is 0 Å². The predicted molar refractivity (Wildman–Crippen MR) is 169 cm³/mol. The monoisotopic (exact) mass is 656 g/mol. The van der Waals surface area contributed by atoms with Crippen LogP contribution in [-0.2, 0) is 0 Å². The topological polar surface area (TPSA) is 78.7 Å². The van der Waals surface area contributed by atoms with Gasteiger partial charge in [-0.2, -0.15) is 14.1 Å². The van der Waals surface area contributed by atoms with Gasteiger partial charge in [0.2, 0.25) is 0 Å². The Labute approximate surface area is 264 Å². The fraction of sp³-hybridized carbons (Fsp3) is 1.00. The molecule has 8 nitrogen and oxygen atoms in total. The van der Waals surface area contributed by atoms with E-state index >= 15 is 0 Å². The van der Waals surface area contributed by atoms with Crippen molar-refractivity contribution in [3.63, 3.8) is 0 Å². The zero-order chi connectivity index (χ0) is 27.5. The van der Waals surface area contributed by atoms with Gasteiger partial charge in [0.25, 0.3) is 0 Å². The molecule has 16 unspecified atom stereocenters. The van der Waals surface area contributed by atoms with Crippen molar-refractivity contribution < 1.29 is 0 Å². The van der Waals surface area contributed by atoms with Gasteiger partial charge in [-0.15, -0.1) is 0 Å². The number of nitrogens with zero attached hydrogens (tertiary/aromatic N) is 2. The molecule has 0 spiro atoms. The normalized spacial score (nSPS) is 57.2. The van der Waals surface area contributed by atoms with Gasteiger partial charge in [-0.3, -0.25) is 31.9 Å². The molecule has 6 heterocycles. The van der Waals surface area contributed by atoms with E-state index in [1.807, 2.05) is 0 Å². The highest BCUT2D eigenvalue weighted by molar-refractivity contribution is 9.24. The third-order valence-corrected chi connectivity index (χ3v) is 19.8. The Morgan fingerprint density at radius 1 is 0.357 bits per heavy atom. The minimum atomic E-state index is -1.69. The van der Waals surface area contributed by atoms with E-state index in [0.717, 1.165) is 47.3 Å². The molecule has 10 aliphatic rings. The van der Waals surface area contributed by atoms with Crippen LogP contribution in [0.2, 0.25) is 0 Å². The van der Waals surface area contributed by atoms with E-state index in [1.54, 1.807) is 0 Å². The van der Waals surface area contributed by atoms with Crippen molar-refractivity contribution in [3.8, 4) is 0 Å². The maximum atomic E-state index is 4.69. The molecule has 6 N–H and O–H groups in total. The van der Waals surface area contributed by atoms with Gasteiger partial charge in [-0.25, -0.2) is 0 Å². The molecule has 0 aromatic carbocycles. The summed E-state index contributed by atoms with van der Waals surface area (Å²) in [6.45, 7) is 0. The number of halogens is 1. The first-order valence-corrected chi connectivity index (χ1v) is 22.7. The van der Waals surface area contributed by atoms with E-state index < -0.39 is 12.8 Å². The van der Waals surface area contributed by atoms with Crippen molar-refractivity contribution in [1.82, 2.24) is 39.7 Å². The third kappa shape index (κ3) is 4.12. The first-order chi connectivity index (χ1) is 20.7. The molecule has 4 saturated carbocycles. The summed E-state index contributed by atoms with van der Waals surface area (Å²) in [7, 11) is 0. The fourth-order valence-electron chi connectivity index (χ4n) is 13.0. The largest absolute Gasteiger partial charge is 0.590 e. The van der Waals surface area contributed by atoms with E-state index in [4.69, 9.17) is 14.1 Å². The summed E-state index contributed by atoms with van der Waals surface area (Å²) in [6, 6.07) is 0. The molecule has 10 fully saturated rings. The number of hydrogen-bond donors (Lipinski definition) is 6. The Hall–Kier alpha value is 0.692. The van der Waals surface area contributed by atoms with Crippen LogP contribution in [0.3, 0.4) is 0 Å². The highest BCUT2D eigenvalue weighted by Crippen LogP contribution is 2.52. The fourth-order valence-corrected chi connectivity index (χ4v) is 18.7. The molecular formula is C32H54AlBrN8. The average Bonchev–Trinajstić information content (AvgIpc) is 3.74. The summed E-state index contributed by atoms with van der Waals surface area (Å²) >= 11 is 3.01. The molecule has 6 bridgehead atoms. The second-order valence-electron chi connectivity index (χ2n) is 16.3. The van der Waals surface area contributed by atoms with Gasteiger partial charge in [-0.1, -0.05) is 51.4 Å². The second-order valence-corrected chi connectivity index (χ2v) is 20.6. The Morgan fingerprint density at radius 3 is 0.857 bits per heavy atom. The van der Waals surface area contributed by atoms with E-state index in [1.165, 1.54) is 103 Å². The number of fused-ring (bicyclic) bond motifs is 16. The zero-order valence-corrected chi connectivity index (χ0v) is 28.1. The highest BCUT2D eigenvalue weighted by Gasteiger charge is 2.64. The van der Waals surface area contributed by atoms with Crippen LogP contribution in [0.1, 0.15) is 103 Å². The van der Waals surface area contributed by atoms with Gasteiger partial charge < -0.3 is 7.77 Å². The summed E-state index contributed by atoms with van der Waals surface area (Å²) in [5, 5.41) is 26.4. The van der Waals surface area contributed by atoms with Gasteiger partial charge in [-0.05, 0) is 98.7 Å². The first-order valence-electron chi connectivity index (χ1n) is 18.5. The minimum absolute atomic E-state index is 0.448. The van der Waals surface area contributed by atoms with Crippen LogP contribution in [-0.4, -0.2) is 69.9 Å². The van der Waals surface area contributed by atoms with Gasteiger partial charge in [0.05, 0.1) is 24.7 Å². The van der Waals surface area contributed by atoms with Crippen LogP contribution in [0.25, 0.3) is 0 Å². The van der Waals surface area contributed by atoms with E-state index in [2.05, 4.69) is 39.7 Å². The number of nitrogens with one attached hydrogen (secondary N) is 6. The Bertz CT molecular complexity index is 888. The lowest BCUT2D eigenvalue weighted by Crippen LogP contribution is -2.72. The van der Waals surface area contributed by atoms with Crippen molar-refractivity contribution in [3.05, 3.63) is 0 Å². The maximum absolute atomic E-state index is 4.69. The van der Waals surface area contributed by atoms with E-state index in [-0.39, 0.29) is 0 Å². The first kappa shape index (κ1) is 27.8. The molecule has 6 aliphatic heterocycles. The summed E-state index contributed by atoms with van der Waals surface area (Å²) < 4.78 is 6.19. The van der Waals surface area contributed by atoms with Crippen molar-refractivity contribution in [1.29, 1.82) is 0 Å². The summed E-state index contributed by atoms with van der Waals surface area (Å²) in [4.78, 5) is 0. The minimum Gasteiger partial charge on any atom is -0.332 e. The molecule has 10 rings (SSSR count). The SMILES string of the molecule is [Br][Al]1[N]2C3NC4NC(NC5C6CCCCC6C(NC6NC(NC2C2CCCCC23)C2CCCCC62)[N]51)C1CCCCC41. The van der Waals surface area contributed by atoms with Crippen LogP contribution in [0.5, 0.6) is 0 Å². The van der Waals surface area contributed by atoms with E-state index in [0.29, 0.717) is 49.3 Å². The van der Waals surface area contributed by atoms with Gasteiger partial charge >= 0.3 is 12.8 Å². The van der Waals surface area contributed by atoms with Crippen LogP contribution < -0.4 is 31.9 Å². The van der Waals surface area contributed by atoms with Gasteiger partial charge in [0.15, 0.2) is 0 Å². The maximum Gasteiger partial charge on any atom is 0.590 e. The molecule has 0 aromatic heterocycles. The molecule has 6 saturated heterocycles. The van der Waals surface area contributed by atoms with Gasteiger partial charge in [0, 0.05) is 24.7 Å². The highest BCUT2D eigenvalue weighted by atomic mass is 79.9. The molecule has 0 aromatic rings. The summed E-state index contributed by atoms with van der Waals surface area (Å²) in [5.74, 6) is 6.10. The Kier molecular flexibility index (Phi) is 7.19. The molecule has 42 heavy (non-hydrogen) atoms.